The zero-order valence-corrected chi connectivity index (χ0v) is 64.8. The van der Waals surface area contributed by atoms with Gasteiger partial charge in [0.05, 0.1) is 57.4 Å². The number of nitriles is 2. The highest BCUT2D eigenvalue weighted by Crippen LogP contribution is 2.54. The summed E-state index contributed by atoms with van der Waals surface area (Å²) in [5.41, 5.74) is 38.2. The van der Waals surface area contributed by atoms with Crippen molar-refractivity contribution in [3.8, 4) is 214 Å². The van der Waals surface area contributed by atoms with E-state index < -0.39 is 0 Å². The van der Waals surface area contributed by atoms with E-state index in [9.17, 15) is 10.5 Å². The molecule has 16 aromatic carbocycles. The summed E-state index contributed by atoms with van der Waals surface area (Å²) < 4.78 is 0. The number of hydrogen-bond donors (Lipinski definition) is 0. The number of rotatable bonds is 14. The molecule has 22 rings (SSSR count). The van der Waals surface area contributed by atoms with E-state index in [1.165, 1.54) is 77.2 Å². The Bertz CT molecular complexity index is 6700. The van der Waals surface area contributed by atoms with Gasteiger partial charge >= 0.3 is 0 Å². The van der Waals surface area contributed by atoms with Gasteiger partial charge < -0.3 is 0 Å². The third-order valence-electron chi connectivity index (χ3n) is 23.2. The molecular weight excluding hydrogens is 1460 g/mol. The van der Waals surface area contributed by atoms with Crippen LogP contribution in [0.2, 0.25) is 0 Å². The summed E-state index contributed by atoms with van der Waals surface area (Å²) in [6, 6.07) is 144. The zero-order valence-electron chi connectivity index (χ0n) is 64.8. The van der Waals surface area contributed by atoms with Crippen LogP contribution in [0, 0.1) is 22.7 Å². The molecule has 2 aliphatic carbocycles. The minimum Gasteiger partial charge on any atom is -0.256 e. The fraction of sp³-hybridized carbons (Fsp3) is 0. The lowest BCUT2D eigenvalue weighted by atomic mass is 9.88. The topological polar surface area (TPSA) is 125 Å². The van der Waals surface area contributed by atoms with Gasteiger partial charge in [-0.15, -0.1) is 0 Å². The SMILES string of the molecule is N#Cc1ccc(-c2ccc3c4c(ccc(-c5ccc(-c6cc(-c7ccc(-c8ccccc8)cc7)nc(-c7ccc(-c8ccccc8)cc7)n6)cc5)c24)-c2ccccc2-3)cc1.N#Cc1ccc(-c2ccc3c4c(ccc(-c5ccc(-c6cc(-c7ccc(-c8ccccn8)cc7)nc(-c7ccc(-c8ccccn8)cc7)n6)cc5)c24)-c2ccccc2-3)cc1. The molecule has 0 aliphatic heterocycles. The van der Waals surface area contributed by atoms with Crippen LogP contribution in [0.1, 0.15) is 11.1 Å². The molecule has 0 saturated heterocycles. The van der Waals surface area contributed by atoms with Crippen LogP contribution in [0.25, 0.3) is 223 Å². The summed E-state index contributed by atoms with van der Waals surface area (Å²) in [7, 11) is 0. The van der Waals surface area contributed by atoms with Crippen molar-refractivity contribution in [2.75, 3.05) is 0 Å². The van der Waals surface area contributed by atoms with Crippen LogP contribution in [0.3, 0.4) is 0 Å². The second-order valence-electron chi connectivity index (χ2n) is 30.2. The maximum Gasteiger partial charge on any atom is 0.160 e. The van der Waals surface area contributed by atoms with Crippen molar-refractivity contribution in [3.63, 3.8) is 0 Å². The Labute approximate surface area is 695 Å². The van der Waals surface area contributed by atoms with Gasteiger partial charge in [0.25, 0.3) is 0 Å². The summed E-state index contributed by atoms with van der Waals surface area (Å²) in [6.45, 7) is 0. The summed E-state index contributed by atoms with van der Waals surface area (Å²) >= 11 is 0. The largest absolute Gasteiger partial charge is 0.256 e. The second kappa shape index (κ2) is 30.7. The first-order valence-corrected chi connectivity index (χ1v) is 40.1. The van der Waals surface area contributed by atoms with E-state index in [4.69, 9.17) is 19.9 Å². The van der Waals surface area contributed by atoms with Gasteiger partial charge in [-0.25, -0.2) is 19.9 Å². The Balaban J connectivity index is 0.000000148. The lowest BCUT2D eigenvalue weighted by Gasteiger charge is -2.15. The van der Waals surface area contributed by atoms with E-state index in [0.29, 0.717) is 22.8 Å². The quantitative estimate of drug-likeness (QED) is 0.105. The predicted molar refractivity (Wildman–Crippen MR) is 489 cm³/mol. The Morgan fingerprint density at radius 1 is 0.158 bits per heavy atom. The van der Waals surface area contributed by atoms with Crippen molar-refractivity contribution in [3.05, 3.63) is 424 Å². The summed E-state index contributed by atoms with van der Waals surface area (Å²) in [6.07, 6.45) is 3.63. The van der Waals surface area contributed by atoms with Gasteiger partial charge in [0.1, 0.15) is 0 Å². The lowest BCUT2D eigenvalue weighted by Crippen LogP contribution is -1.96. The molecule has 4 heterocycles. The van der Waals surface area contributed by atoms with Gasteiger partial charge in [-0.2, -0.15) is 10.5 Å². The molecule has 2 aliphatic rings. The van der Waals surface area contributed by atoms with Gasteiger partial charge in [-0.05, 0) is 193 Å². The maximum absolute atomic E-state index is 9.54. The van der Waals surface area contributed by atoms with E-state index in [1.54, 1.807) is 0 Å². The summed E-state index contributed by atoms with van der Waals surface area (Å²) in [4.78, 5) is 29.8. The number of benzene rings is 16. The van der Waals surface area contributed by atoms with Gasteiger partial charge in [0.15, 0.2) is 11.6 Å². The van der Waals surface area contributed by atoms with Crippen molar-refractivity contribution >= 4 is 21.5 Å². The second-order valence-corrected chi connectivity index (χ2v) is 30.2. The van der Waals surface area contributed by atoms with Crippen LogP contribution < -0.4 is 0 Å². The molecule has 0 saturated carbocycles. The third kappa shape index (κ3) is 13.3. The highest BCUT2D eigenvalue weighted by Gasteiger charge is 2.28. The first kappa shape index (κ1) is 71.3. The number of aromatic nitrogens is 6. The van der Waals surface area contributed by atoms with E-state index in [-0.39, 0.29) is 0 Å². The Hall–Kier alpha value is -16.5. The molecule has 120 heavy (non-hydrogen) atoms. The van der Waals surface area contributed by atoms with Crippen LogP contribution in [0.4, 0.5) is 0 Å². The molecule has 556 valence electrons. The van der Waals surface area contributed by atoms with Gasteiger partial charge in [0.2, 0.25) is 0 Å². The van der Waals surface area contributed by atoms with E-state index >= 15 is 0 Å². The molecule has 0 radical (unpaired) electrons. The monoisotopic (exact) mass is 1520 g/mol. The summed E-state index contributed by atoms with van der Waals surface area (Å²) in [5, 5.41) is 24.0. The van der Waals surface area contributed by atoms with Crippen LogP contribution in [0.15, 0.2) is 413 Å². The maximum atomic E-state index is 9.54. The normalized spacial score (nSPS) is 11.3. The van der Waals surface area contributed by atoms with Gasteiger partial charge in [-0.1, -0.05) is 340 Å². The molecule has 20 aromatic rings. The smallest absolute Gasteiger partial charge is 0.160 e. The Morgan fingerprint density at radius 2 is 0.375 bits per heavy atom. The van der Waals surface area contributed by atoms with E-state index in [0.717, 1.165) is 134 Å². The van der Waals surface area contributed by atoms with E-state index in [1.807, 2.05) is 85.2 Å². The average molecular weight is 1530 g/mol. The average Bonchev–Trinajstić information content (AvgIpc) is 1.55. The standard InChI is InChI=1S/C57H35N3.C55H33N5/c58-36-37-15-17-42(18-16-37)47-31-33-51-49-13-7-8-14-50(49)52-34-32-48(55(47)56(51)52)43-23-27-45(28-24-43)54-35-53(44-25-19-40(20-26-44)38-9-3-1-4-10-38)59-57(60-54)46-29-21-41(22-30-46)39-11-5-2-6-12-39;56-34-35-11-13-36(14-12-35)43-27-29-47-45-7-1-2-8-46(45)48-30-28-44(53(43)54(47)48)37-15-17-40(18-16-37)51-33-52(41-21-19-38(20-22-41)49-9-3-5-31-57-49)60-55(59-51)42-25-23-39(24-26-42)50-10-4-6-32-58-50/h1-35H;1-33H. The summed E-state index contributed by atoms with van der Waals surface area (Å²) in [5.74, 6) is 1.32. The molecule has 0 N–H and O–H groups in total. The zero-order chi connectivity index (χ0) is 80.0. The fourth-order valence-corrected chi connectivity index (χ4v) is 17.2. The highest BCUT2D eigenvalue weighted by atomic mass is 14.9. The molecule has 0 unspecified atom stereocenters. The van der Waals surface area contributed by atoms with Crippen LogP contribution in [0.5, 0.6) is 0 Å². The van der Waals surface area contributed by atoms with Crippen molar-refractivity contribution in [1.29, 1.82) is 10.5 Å². The van der Waals surface area contributed by atoms with Crippen molar-refractivity contribution in [2.24, 2.45) is 0 Å². The van der Waals surface area contributed by atoms with Crippen molar-refractivity contribution in [1.82, 2.24) is 29.9 Å². The Kier molecular flexibility index (Phi) is 18.2. The van der Waals surface area contributed by atoms with Gasteiger partial charge in [0, 0.05) is 56.9 Å². The van der Waals surface area contributed by atoms with Crippen molar-refractivity contribution < 1.29 is 0 Å². The molecule has 0 spiro atoms. The molecule has 8 nitrogen and oxygen atoms in total. The van der Waals surface area contributed by atoms with Crippen molar-refractivity contribution in [2.45, 2.75) is 0 Å². The molecule has 4 aromatic heterocycles. The first-order valence-electron chi connectivity index (χ1n) is 40.1. The molecular formula is C112H68N8. The molecule has 8 heteroatoms. The number of hydrogen-bond acceptors (Lipinski definition) is 8. The number of pyridine rings is 2. The first-order chi connectivity index (χ1) is 59.4. The molecule has 0 amide bonds. The number of fused-ring (bicyclic) bond motifs is 6. The van der Waals surface area contributed by atoms with E-state index in [2.05, 4.69) is 350 Å². The van der Waals surface area contributed by atoms with Crippen LogP contribution in [-0.4, -0.2) is 29.9 Å². The minimum absolute atomic E-state index is 0.645. The predicted octanol–water partition coefficient (Wildman–Crippen LogP) is 28.4. The lowest BCUT2D eigenvalue weighted by molar-refractivity contribution is 1.18. The number of nitrogens with zero attached hydrogens (tertiary/aromatic N) is 8. The molecule has 0 fully saturated rings. The molecule has 0 atom stereocenters. The highest BCUT2D eigenvalue weighted by molar-refractivity contribution is 6.24. The van der Waals surface area contributed by atoms with Crippen LogP contribution >= 0.6 is 0 Å². The fourth-order valence-electron chi connectivity index (χ4n) is 17.2. The van der Waals surface area contributed by atoms with Crippen LogP contribution in [-0.2, 0) is 0 Å². The molecule has 0 bridgehead atoms. The Morgan fingerprint density at radius 3 is 0.650 bits per heavy atom. The van der Waals surface area contributed by atoms with Gasteiger partial charge in [-0.3, -0.25) is 9.97 Å². The minimum atomic E-state index is 0.645. The third-order valence-corrected chi connectivity index (χ3v) is 23.2.